The summed E-state index contributed by atoms with van der Waals surface area (Å²) in [5.41, 5.74) is 0.835. The third kappa shape index (κ3) is 3.25. The first-order valence-electron chi connectivity index (χ1n) is 6.93. The van der Waals surface area contributed by atoms with E-state index < -0.39 is 5.60 Å². The summed E-state index contributed by atoms with van der Waals surface area (Å²) in [6.07, 6.45) is 0.683. The molecule has 1 aliphatic rings. The number of hydrogen-bond acceptors (Lipinski definition) is 3. The highest BCUT2D eigenvalue weighted by molar-refractivity contribution is 5.51. The van der Waals surface area contributed by atoms with Crippen LogP contribution in [0.25, 0.3) is 0 Å². The topological polar surface area (TPSA) is 35.5 Å². The molecule has 0 amide bonds. The molecule has 4 heteroatoms. The van der Waals surface area contributed by atoms with Crippen molar-refractivity contribution in [2.24, 2.45) is 0 Å². The first-order valence-corrected chi connectivity index (χ1v) is 6.93. The number of nitrogens with zero attached hydrogens (tertiary/aromatic N) is 1. The molecule has 1 fully saturated rings. The quantitative estimate of drug-likeness (QED) is 0.878. The number of aliphatic hydroxyl groups is 1. The van der Waals surface area contributed by atoms with Gasteiger partial charge in [0.2, 0.25) is 0 Å². The summed E-state index contributed by atoms with van der Waals surface area (Å²) in [6, 6.07) is 5.52. The Morgan fingerprint density at radius 3 is 2.79 bits per heavy atom. The van der Waals surface area contributed by atoms with E-state index in [2.05, 4.69) is 5.32 Å². The lowest BCUT2D eigenvalue weighted by Gasteiger charge is -2.22. The van der Waals surface area contributed by atoms with E-state index in [1.165, 1.54) is 0 Å². The molecule has 1 saturated heterocycles. The minimum atomic E-state index is -0.706. The van der Waals surface area contributed by atoms with Crippen molar-refractivity contribution in [1.82, 2.24) is 5.32 Å². The van der Waals surface area contributed by atoms with Crippen molar-refractivity contribution in [1.29, 1.82) is 0 Å². The Morgan fingerprint density at radius 1 is 1.53 bits per heavy atom. The SMILES string of the molecule is CCNC(C)c1ccc(N2CCC(C)(O)C2)c(F)c1. The Kier molecular flexibility index (Phi) is 4.11. The lowest BCUT2D eigenvalue weighted by atomic mass is 10.1. The van der Waals surface area contributed by atoms with Crippen LogP contribution in [-0.4, -0.2) is 30.3 Å². The summed E-state index contributed by atoms with van der Waals surface area (Å²) >= 11 is 0. The molecular formula is C15H23FN2O. The van der Waals surface area contributed by atoms with Crippen LogP contribution in [-0.2, 0) is 0 Å². The largest absolute Gasteiger partial charge is 0.388 e. The van der Waals surface area contributed by atoms with Crippen LogP contribution in [0.4, 0.5) is 10.1 Å². The molecule has 0 aromatic heterocycles. The second-order valence-electron chi connectivity index (χ2n) is 5.66. The van der Waals surface area contributed by atoms with Crippen molar-refractivity contribution in [2.45, 2.75) is 38.8 Å². The molecule has 0 bridgehead atoms. The second-order valence-corrected chi connectivity index (χ2v) is 5.66. The number of rotatable bonds is 4. The first kappa shape index (κ1) is 14.3. The van der Waals surface area contributed by atoms with E-state index >= 15 is 0 Å². The maximum atomic E-state index is 14.2. The summed E-state index contributed by atoms with van der Waals surface area (Å²) in [5.74, 6) is -0.208. The Morgan fingerprint density at radius 2 is 2.26 bits per heavy atom. The molecule has 1 aromatic carbocycles. The van der Waals surface area contributed by atoms with Gasteiger partial charge in [-0.2, -0.15) is 0 Å². The molecule has 2 atom stereocenters. The number of halogens is 1. The normalized spacial score (nSPS) is 24.8. The Labute approximate surface area is 114 Å². The van der Waals surface area contributed by atoms with Crippen LogP contribution in [0, 0.1) is 5.82 Å². The highest BCUT2D eigenvalue weighted by Gasteiger charge is 2.32. The molecule has 1 aromatic rings. The number of anilines is 1. The zero-order valence-corrected chi connectivity index (χ0v) is 11.9. The fourth-order valence-corrected chi connectivity index (χ4v) is 2.62. The van der Waals surface area contributed by atoms with E-state index in [0.29, 0.717) is 25.2 Å². The van der Waals surface area contributed by atoms with Gasteiger partial charge in [0, 0.05) is 19.1 Å². The third-order valence-electron chi connectivity index (χ3n) is 3.77. The van der Waals surface area contributed by atoms with Crippen LogP contribution in [0.5, 0.6) is 0 Å². The van der Waals surface area contributed by atoms with Crippen molar-refractivity contribution < 1.29 is 9.50 Å². The minimum Gasteiger partial charge on any atom is -0.388 e. The molecule has 0 saturated carbocycles. The molecule has 19 heavy (non-hydrogen) atoms. The van der Waals surface area contributed by atoms with Gasteiger partial charge in [-0.05, 0) is 44.5 Å². The standard InChI is InChI=1S/C15H23FN2O/c1-4-17-11(2)12-5-6-14(13(16)9-12)18-8-7-15(3,19)10-18/h5-6,9,11,17,19H,4,7-8,10H2,1-3H3. The Balaban J connectivity index is 2.16. The molecular weight excluding hydrogens is 243 g/mol. The van der Waals surface area contributed by atoms with Crippen LogP contribution in [0.15, 0.2) is 18.2 Å². The molecule has 0 spiro atoms. The molecule has 1 heterocycles. The van der Waals surface area contributed by atoms with Gasteiger partial charge in [0.05, 0.1) is 11.3 Å². The fourth-order valence-electron chi connectivity index (χ4n) is 2.62. The van der Waals surface area contributed by atoms with Gasteiger partial charge >= 0.3 is 0 Å². The molecule has 2 rings (SSSR count). The van der Waals surface area contributed by atoms with Crippen LogP contribution in [0.3, 0.4) is 0 Å². The van der Waals surface area contributed by atoms with Crippen molar-refractivity contribution in [3.05, 3.63) is 29.6 Å². The lowest BCUT2D eigenvalue weighted by Crippen LogP contribution is -2.30. The number of β-amino-alcohol motifs (C(OH)–C–C–N with tert-alkyl or cyclic N) is 1. The molecule has 2 unspecified atom stereocenters. The summed E-state index contributed by atoms with van der Waals surface area (Å²) in [5, 5.41) is 13.2. The van der Waals surface area contributed by atoms with Gasteiger partial charge in [0.15, 0.2) is 0 Å². The summed E-state index contributed by atoms with van der Waals surface area (Å²) in [7, 11) is 0. The maximum Gasteiger partial charge on any atom is 0.146 e. The Hall–Kier alpha value is -1.13. The lowest BCUT2D eigenvalue weighted by molar-refractivity contribution is 0.0839. The first-order chi connectivity index (χ1) is 8.93. The molecule has 1 aliphatic heterocycles. The molecule has 2 N–H and O–H groups in total. The monoisotopic (exact) mass is 266 g/mol. The van der Waals surface area contributed by atoms with E-state index in [9.17, 15) is 9.50 Å². The Bertz CT molecular complexity index is 448. The summed E-state index contributed by atoms with van der Waals surface area (Å²) in [4.78, 5) is 1.91. The second kappa shape index (κ2) is 5.47. The van der Waals surface area contributed by atoms with E-state index in [1.807, 2.05) is 30.9 Å². The molecule has 3 nitrogen and oxygen atoms in total. The molecule has 0 radical (unpaired) electrons. The van der Waals surface area contributed by atoms with Gasteiger partial charge in [-0.1, -0.05) is 13.0 Å². The van der Waals surface area contributed by atoms with Crippen LogP contribution >= 0.6 is 0 Å². The van der Waals surface area contributed by atoms with Crippen LogP contribution in [0.2, 0.25) is 0 Å². The fraction of sp³-hybridized carbons (Fsp3) is 0.600. The van der Waals surface area contributed by atoms with Gasteiger partial charge in [0.25, 0.3) is 0 Å². The number of benzene rings is 1. The average molecular weight is 266 g/mol. The maximum absolute atomic E-state index is 14.2. The van der Waals surface area contributed by atoms with E-state index in [1.54, 1.807) is 13.0 Å². The van der Waals surface area contributed by atoms with Gasteiger partial charge < -0.3 is 15.3 Å². The molecule has 106 valence electrons. The van der Waals surface area contributed by atoms with Gasteiger partial charge in [-0.3, -0.25) is 0 Å². The van der Waals surface area contributed by atoms with Crippen LogP contribution < -0.4 is 10.2 Å². The summed E-state index contributed by atoms with van der Waals surface area (Å²) < 4.78 is 14.2. The third-order valence-corrected chi connectivity index (χ3v) is 3.77. The van der Waals surface area contributed by atoms with Gasteiger partial charge in [-0.25, -0.2) is 4.39 Å². The van der Waals surface area contributed by atoms with Crippen molar-refractivity contribution in [3.63, 3.8) is 0 Å². The average Bonchev–Trinajstić information content (AvgIpc) is 2.69. The van der Waals surface area contributed by atoms with Crippen molar-refractivity contribution in [2.75, 3.05) is 24.5 Å². The molecule has 0 aliphatic carbocycles. The highest BCUT2D eigenvalue weighted by atomic mass is 19.1. The predicted octanol–water partition coefficient (Wildman–Crippen LogP) is 2.46. The van der Waals surface area contributed by atoms with Crippen molar-refractivity contribution >= 4 is 5.69 Å². The predicted molar refractivity (Wildman–Crippen MR) is 75.9 cm³/mol. The zero-order valence-electron chi connectivity index (χ0n) is 11.9. The van der Waals surface area contributed by atoms with E-state index in [-0.39, 0.29) is 11.9 Å². The van der Waals surface area contributed by atoms with Crippen molar-refractivity contribution in [3.8, 4) is 0 Å². The minimum absolute atomic E-state index is 0.148. The highest BCUT2D eigenvalue weighted by Crippen LogP contribution is 2.29. The van der Waals surface area contributed by atoms with E-state index in [4.69, 9.17) is 0 Å². The number of hydrogen-bond donors (Lipinski definition) is 2. The van der Waals surface area contributed by atoms with Gasteiger partial charge in [0.1, 0.15) is 5.82 Å². The smallest absolute Gasteiger partial charge is 0.146 e. The number of nitrogens with one attached hydrogen (secondary N) is 1. The van der Waals surface area contributed by atoms with E-state index in [0.717, 1.165) is 12.1 Å². The van der Waals surface area contributed by atoms with Crippen LogP contribution in [0.1, 0.15) is 38.8 Å². The van der Waals surface area contributed by atoms with Gasteiger partial charge in [-0.15, -0.1) is 0 Å². The zero-order chi connectivity index (χ0) is 14.0. The summed E-state index contributed by atoms with van der Waals surface area (Å²) in [6.45, 7) is 7.91.